The Labute approximate surface area is 81.2 Å². The molecule has 3 heteroatoms. The summed E-state index contributed by atoms with van der Waals surface area (Å²) in [5.74, 6) is 1.30. The van der Waals surface area contributed by atoms with Crippen LogP contribution in [0.15, 0.2) is 16.8 Å². The number of thioether (sulfide) groups is 1. The number of carbonyl (C=O) groups excluding carboxylic acids is 1. The van der Waals surface area contributed by atoms with Crippen molar-refractivity contribution in [1.29, 1.82) is 0 Å². The minimum atomic E-state index is 0.350. The SMILES string of the molecule is CSCCC(=O)Cc1ccsc1. The Morgan fingerprint density at radius 1 is 1.67 bits per heavy atom. The number of rotatable bonds is 5. The van der Waals surface area contributed by atoms with Gasteiger partial charge in [-0.3, -0.25) is 4.79 Å². The van der Waals surface area contributed by atoms with Crippen molar-refractivity contribution < 1.29 is 4.79 Å². The fraction of sp³-hybridized carbons (Fsp3) is 0.444. The van der Waals surface area contributed by atoms with Gasteiger partial charge in [0, 0.05) is 12.8 Å². The van der Waals surface area contributed by atoms with Gasteiger partial charge in [-0.15, -0.1) is 0 Å². The Kier molecular flexibility index (Phi) is 4.40. The van der Waals surface area contributed by atoms with Gasteiger partial charge in [0.1, 0.15) is 5.78 Å². The second-order valence-corrected chi connectivity index (χ2v) is 4.36. The summed E-state index contributed by atoms with van der Waals surface area (Å²) in [6.45, 7) is 0. The Bertz CT molecular complexity index is 229. The van der Waals surface area contributed by atoms with Crippen molar-refractivity contribution in [1.82, 2.24) is 0 Å². The van der Waals surface area contributed by atoms with Crippen molar-refractivity contribution in [2.45, 2.75) is 12.8 Å². The number of thiophene rings is 1. The average molecular weight is 200 g/mol. The molecule has 1 aromatic heterocycles. The summed E-state index contributed by atoms with van der Waals surface area (Å²) in [6.07, 6.45) is 3.35. The Morgan fingerprint density at radius 2 is 2.50 bits per heavy atom. The Balaban J connectivity index is 2.27. The van der Waals surface area contributed by atoms with E-state index in [2.05, 4.69) is 0 Å². The molecule has 1 rings (SSSR count). The maximum atomic E-state index is 11.3. The summed E-state index contributed by atoms with van der Waals surface area (Å²) in [4.78, 5) is 11.3. The monoisotopic (exact) mass is 200 g/mol. The van der Waals surface area contributed by atoms with Crippen LogP contribution < -0.4 is 0 Å². The molecular weight excluding hydrogens is 188 g/mol. The van der Waals surface area contributed by atoms with Crippen LogP contribution in [0.1, 0.15) is 12.0 Å². The Morgan fingerprint density at radius 3 is 3.08 bits per heavy atom. The van der Waals surface area contributed by atoms with Crippen LogP contribution in [0.3, 0.4) is 0 Å². The maximum absolute atomic E-state index is 11.3. The summed E-state index contributed by atoms with van der Waals surface area (Å²) < 4.78 is 0. The first-order chi connectivity index (χ1) is 5.83. The number of ketones is 1. The molecule has 0 amide bonds. The number of hydrogen-bond donors (Lipinski definition) is 0. The molecule has 0 saturated heterocycles. The van der Waals surface area contributed by atoms with Crippen molar-refractivity contribution in [3.63, 3.8) is 0 Å². The molecule has 0 aliphatic rings. The summed E-state index contributed by atoms with van der Waals surface area (Å²) in [5.41, 5.74) is 1.16. The number of hydrogen-bond acceptors (Lipinski definition) is 3. The lowest BCUT2D eigenvalue weighted by Crippen LogP contribution is -2.02. The molecule has 1 aromatic rings. The van der Waals surface area contributed by atoms with Crippen LogP contribution in [0.5, 0.6) is 0 Å². The quantitative estimate of drug-likeness (QED) is 0.727. The molecule has 0 fully saturated rings. The predicted molar refractivity (Wildman–Crippen MR) is 56.0 cm³/mol. The van der Waals surface area contributed by atoms with Gasteiger partial charge in [0.25, 0.3) is 0 Å². The lowest BCUT2D eigenvalue weighted by molar-refractivity contribution is -0.118. The third-order valence-electron chi connectivity index (χ3n) is 1.57. The topological polar surface area (TPSA) is 17.1 Å². The van der Waals surface area contributed by atoms with Gasteiger partial charge >= 0.3 is 0 Å². The molecule has 0 saturated carbocycles. The van der Waals surface area contributed by atoms with Crippen molar-refractivity contribution in [2.24, 2.45) is 0 Å². The third-order valence-corrected chi connectivity index (χ3v) is 2.91. The normalized spacial score (nSPS) is 10.1. The van der Waals surface area contributed by atoms with E-state index in [0.29, 0.717) is 18.6 Å². The third kappa shape index (κ3) is 3.41. The zero-order valence-corrected chi connectivity index (χ0v) is 8.71. The van der Waals surface area contributed by atoms with E-state index in [1.807, 2.05) is 23.1 Å². The lowest BCUT2D eigenvalue weighted by Gasteiger charge is -1.96. The van der Waals surface area contributed by atoms with Crippen LogP contribution in [-0.2, 0) is 11.2 Å². The van der Waals surface area contributed by atoms with E-state index in [4.69, 9.17) is 0 Å². The van der Waals surface area contributed by atoms with Gasteiger partial charge in [-0.2, -0.15) is 23.1 Å². The molecule has 0 unspecified atom stereocenters. The minimum Gasteiger partial charge on any atom is -0.299 e. The van der Waals surface area contributed by atoms with E-state index in [9.17, 15) is 4.79 Å². The first-order valence-corrected chi connectivity index (χ1v) is 6.18. The van der Waals surface area contributed by atoms with Crippen LogP contribution in [0.4, 0.5) is 0 Å². The standard InChI is InChI=1S/C9H12OS2/c1-11-4-3-9(10)6-8-2-5-12-7-8/h2,5,7H,3-4,6H2,1H3. The fourth-order valence-electron chi connectivity index (χ4n) is 0.925. The molecule has 0 bridgehead atoms. The molecule has 0 radical (unpaired) electrons. The van der Waals surface area contributed by atoms with Gasteiger partial charge in [-0.1, -0.05) is 0 Å². The lowest BCUT2D eigenvalue weighted by atomic mass is 10.1. The molecule has 66 valence electrons. The smallest absolute Gasteiger partial charge is 0.138 e. The molecule has 1 nitrogen and oxygen atoms in total. The van der Waals surface area contributed by atoms with E-state index in [1.165, 1.54) is 0 Å². The van der Waals surface area contributed by atoms with Crippen LogP contribution in [0.2, 0.25) is 0 Å². The predicted octanol–water partition coefficient (Wildman–Crippen LogP) is 2.61. The van der Waals surface area contributed by atoms with Gasteiger partial charge in [0.2, 0.25) is 0 Å². The minimum absolute atomic E-state index is 0.350. The molecule has 0 aliphatic heterocycles. The van der Waals surface area contributed by atoms with Crippen molar-refractivity contribution >= 4 is 28.9 Å². The van der Waals surface area contributed by atoms with Gasteiger partial charge in [0.15, 0.2) is 0 Å². The molecule has 0 atom stereocenters. The Hall–Kier alpha value is -0.280. The summed E-state index contributed by atoms with van der Waals surface area (Å²) >= 11 is 3.37. The summed E-state index contributed by atoms with van der Waals surface area (Å²) in [6, 6.07) is 2.02. The highest BCUT2D eigenvalue weighted by atomic mass is 32.2. The molecule has 1 heterocycles. The first-order valence-electron chi connectivity index (χ1n) is 3.84. The average Bonchev–Trinajstić information content (AvgIpc) is 2.53. The molecular formula is C9H12OS2. The highest BCUT2D eigenvalue weighted by molar-refractivity contribution is 7.98. The van der Waals surface area contributed by atoms with Crippen LogP contribution in [0, 0.1) is 0 Å². The molecule has 12 heavy (non-hydrogen) atoms. The van der Waals surface area contributed by atoms with E-state index >= 15 is 0 Å². The number of Topliss-reactive ketones (excluding diaryl/α,β-unsaturated/α-hetero) is 1. The summed E-state index contributed by atoms with van der Waals surface area (Å²) in [7, 11) is 0. The van der Waals surface area contributed by atoms with E-state index in [1.54, 1.807) is 23.1 Å². The zero-order chi connectivity index (χ0) is 8.81. The maximum Gasteiger partial charge on any atom is 0.138 e. The highest BCUT2D eigenvalue weighted by Gasteiger charge is 2.02. The van der Waals surface area contributed by atoms with Crippen LogP contribution in [-0.4, -0.2) is 17.8 Å². The highest BCUT2D eigenvalue weighted by Crippen LogP contribution is 2.08. The van der Waals surface area contributed by atoms with E-state index in [0.717, 1.165) is 11.3 Å². The van der Waals surface area contributed by atoms with E-state index < -0.39 is 0 Å². The van der Waals surface area contributed by atoms with Gasteiger partial charge in [-0.25, -0.2) is 0 Å². The molecule has 0 spiro atoms. The first kappa shape index (κ1) is 9.81. The van der Waals surface area contributed by atoms with E-state index in [-0.39, 0.29) is 0 Å². The number of carbonyl (C=O) groups is 1. The van der Waals surface area contributed by atoms with Crippen molar-refractivity contribution in [3.8, 4) is 0 Å². The van der Waals surface area contributed by atoms with Gasteiger partial charge < -0.3 is 0 Å². The van der Waals surface area contributed by atoms with Gasteiger partial charge in [-0.05, 0) is 34.4 Å². The van der Waals surface area contributed by atoms with Crippen LogP contribution >= 0.6 is 23.1 Å². The largest absolute Gasteiger partial charge is 0.299 e. The fourth-order valence-corrected chi connectivity index (χ4v) is 2.03. The molecule has 0 aliphatic carbocycles. The van der Waals surface area contributed by atoms with Crippen molar-refractivity contribution in [3.05, 3.63) is 22.4 Å². The van der Waals surface area contributed by atoms with Crippen LogP contribution in [0.25, 0.3) is 0 Å². The molecule has 0 aromatic carbocycles. The second kappa shape index (κ2) is 5.38. The zero-order valence-electron chi connectivity index (χ0n) is 7.08. The molecule has 0 N–H and O–H groups in total. The summed E-state index contributed by atoms with van der Waals surface area (Å²) in [5, 5.41) is 4.05. The van der Waals surface area contributed by atoms with Crippen molar-refractivity contribution in [2.75, 3.05) is 12.0 Å². The van der Waals surface area contributed by atoms with Gasteiger partial charge in [0.05, 0.1) is 0 Å². The second-order valence-electron chi connectivity index (χ2n) is 2.59.